The highest BCUT2D eigenvalue weighted by Gasteiger charge is 2.16. The van der Waals surface area contributed by atoms with Crippen molar-refractivity contribution in [2.75, 3.05) is 18.5 Å². The van der Waals surface area contributed by atoms with Gasteiger partial charge in [0.15, 0.2) is 13.2 Å². The minimum atomic E-state index is -0.611. The molecule has 0 bridgehead atoms. The number of nitrogens with one attached hydrogen (secondary N) is 1. The van der Waals surface area contributed by atoms with Gasteiger partial charge in [-0.1, -0.05) is 29.8 Å². The molecule has 0 spiro atoms. The molecule has 3 rings (SSSR count). The van der Waals surface area contributed by atoms with Crippen molar-refractivity contribution in [3.63, 3.8) is 0 Å². The molecule has 7 heteroatoms. The molecule has 0 saturated carbocycles. The molecule has 0 saturated heterocycles. The van der Waals surface area contributed by atoms with Crippen LogP contribution in [0.3, 0.4) is 0 Å². The second-order valence-corrected chi connectivity index (χ2v) is 7.49. The number of aromatic nitrogens is 2. The Morgan fingerprint density at radius 1 is 0.968 bits per heavy atom. The Balaban J connectivity index is 1.55. The van der Waals surface area contributed by atoms with Crippen LogP contribution in [0.15, 0.2) is 42.5 Å². The van der Waals surface area contributed by atoms with E-state index in [1.807, 2.05) is 71.0 Å². The molecule has 0 atom stereocenters. The molecule has 0 fully saturated rings. The van der Waals surface area contributed by atoms with Crippen molar-refractivity contribution < 1.29 is 19.1 Å². The van der Waals surface area contributed by atoms with Gasteiger partial charge in [-0.2, -0.15) is 5.10 Å². The molecule has 1 N–H and O–H groups in total. The van der Waals surface area contributed by atoms with E-state index in [4.69, 9.17) is 9.47 Å². The van der Waals surface area contributed by atoms with E-state index in [1.165, 1.54) is 0 Å². The Morgan fingerprint density at radius 2 is 1.68 bits per heavy atom. The normalized spacial score (nSPS) is 10.6. The van der Waals surface area contributed by atoms with Gasteiger partial charge in [-0.15, -0.1) is 0 Å². The Morgan fingerprint density at radius 3 is 2.39 bits per heavy atom. The molecule has 0 aliphatic carbocycles. The summed E-state index contributed by atoms with van der Waals surface area (Å²) in [5.74, 6) is -0.425. The first kappa shape index (κ1) is 22.1. The first-order valence-electron chi connectivity index (χ1n) is 10.0. The molecule has 31 heavy (non-hydrogen) atoms. The molecule has 1 aromatic heterocycles. The Bertz CT molecular complexity index is 1100. The summed E-state index contributed by atoms with van der Waals surface area (Å²) in [6.45, 7) is 8.94. The second kappa shape index (κ2) is 9.47. The molecular weight excluding hydrogens is 394 g/mol. The molecule has 3 aromatic rings. The average Bonchev–Trinajstić information content (AvgIpc) is 3.02. The zero-order valence-electron chi connectivity index (χ0n) is 18.5. The van der Waals surface area contributed by atoms with Gasteiger partial charge in [0.1, 0.15) is 5.75 Å². The van der Waals surface area contributed by atoms with Crippen LogP contribution >= 0.6 is 0 Å². The van der Waals surface area contributed by atoms with Crippen molar-refractivity contribution in [1.82, 2.24) is 9.78 Å². The van der Waals surface area contributed by atoms with Crippen molar-refractivity contribution in [2.24, 2.45) is 0 Å². The summed E-state index contributed by atoms with van der Waals surface area (Å²) in [5, 5.41) is 7.30. The smallest absolute Gasteiger partial charge is 0.344 e. The van der Waals surface area contributed by atoms with E-state index in [9.17, 15) is 9.59 Å². The lowest BCUT2D eigenvalue weighted by Gasteiger charge is -2.11. The number of carbonyl (C=O) groups excluding carboxylic acids is 2. The number of benzene rings is 2. The molecule has 2 aromatic carbocycles. The number of amides is 1. The molecule has 0 radical (unpaired) electrons. The van der Waals surface area contributed by atoms with Crippen LogP contribution in [0.4, 0.5) is 5.69 Å². The van der Waals surface area contributed by atoms with E-state index in [1.54, 1.807) is 10.7 Å². The molecule has 1 heterocycles. The fourth-order valence-electron chi connectivity index (χ4n) is 3.14. The van der Waals surface area contributed by atoms with E-state index >= 15 is 0 Å². The van der Waals surface area contributed by atoms with E-state index < -0.39 is 18.5 Å². The van der Waals surface area contributed by atoms with Crippen molar-refractivity contribution in [3.05, 3.63) is 70.5 Å². The topological polar surface area (TPSA) is 82.5 Å². The third-order valence-corrected chi connectivity index (χ3v) is 5.10. The van der Waals surface area contributed by atoms with Crippen LogP contribution < -0.4 is 10.1 Å². The summed E-state index contributed by atoms with van der Waals surface area (Å²) in [6.07, 6.45) is 0. The summed E-state index contributed by atoms with van der Waals surface area (Å²) >= 11 is 0. The monoisotopic (exact) mass is 421 g/mol. The maximum Gasteiger partial charge on any atom is 0.344 e. The Labute approximate surface area is 182 Å². The van der Waals surface area contributed by atoms with Crippen molar-refractivity contribution in [1.29, 1.82) is 0 Å². The lowest BCUT2D eigenvalue weighted by molar-refractivity contribution is -0.149. The number of hydrogen-bond donors (Lipinski definition) is 1. The number of anilines is 1. The molecule has 0 unspecified atom stereocenters. The molecule has 0 aliphatic heterocycles. The largest absolute Gasteiger partial charge is 0.482 e. The highest BCUT2D eigenvalue weighted by molar-refractivity contribution is 5.94. The summed E-state index contributed by atoms with van der Waals surface area (Å²) in [7, 11) is 0. The number of rotatable bonds is 7. The van der Waals surface area contributed by atoms with Crippen LogP contribution in [0.25, 0.3) is 5.69 Å². The lowest BCUT2D eigenvalue weighted by atomic mass is 10.1. The first-order chi connectivity index (χ1) is 14.8. The quantitative estimate of drug-likeness (QED) is 0.584. The molecule has 162 valence electrons. The van der Waals surface area contributed by atoms with E-state index in [0.29, 0.717) is 17.1 Å². The SMILES string of the molecule is Cc1ccc(-n2nc(C)c(NC(=O)COC(=O)COc3cccc(C)c3C)c2C)cc1. The predicted octanol–water partition coefficient (Wildman–Crippen LogP) is 3.98. The second-order valence-electron chi connectivity index (χ2n) is 7.49. The number of carbonyl (C=O) groups is 2. The average molecular weight is 421 g/mol. The van der Waals surface area contributed by atoms with Crippen molar-refractivity contribution in [2.45, 2.75) is 34.6 Å². The molecular formula is C24H27N3O4. The van der Waals surface area contributed by atoms with Crippen molar-refractivity contribution in [3.8, 4) is 11.4 Å². The first-order valence-corrected chi connectivity index (χ1v) is 10.0. The third kappa shape index (κ3) is 5.31. The van der Waals surface area contributed by atoms with Crippen molar-refractivity contribution >= 4 is 17.6 Å². The maximum absolute atomic E-state index is 12.3. The van der Waals surface area contributed by atoms with Gasteiger partial charge in [-0.05, 0) is 63.9 Å². The zero-order valence-corrected chi connectivity index (χ0v) is 18.5. The molecule has 1 amide bonds. The van der Waals surface area contributed by atoms with E-state index in [-0.39, 0.29) is 6.61 Å². The highest BCUT2D eigenvalue weighted by Crippen LogP contribution is 2.23. The van der Waals surface area contributed by atoms with Crippen LogP contribution in [-0.4, -0.2) is 34.9 Å². The minimum absolute atomic E-state index is 0.263. The van der Waals surface area contributed by atoms with Crippen LogP contribution in [0.2, 0.25) is 0 Å². The van der Waals surface area contributed by atoms with Gasteiger partial charge < -0.3 is 14.8 Å². The van der Waals surface area contributed by atoms with Gasteiger partial charge in [0.2, 0.25) is 0 Å². The number of hydrogen-bond acceptors (Lipinski definition) is 5. The fraction of sp³-hybridized carbons (Fsp3) is 0.292. The van der Waals surface area contributed by atoms with Crippen LogP contribution in [0.5, 0.6) is 5.75 Å². The number of nitrogens with zero attached hydrogens (tertiary/aromatic N) is 2. The summed E-state index contributed by atoms with van der Waals surface area (Å²) in [4.78, 5) is 24.3. The summed E-state index contributed by atoms with van der Waals surface area (Å²) in [5.41, 5.74) is 6.17. The fourth-order valence-corrected chi connectivity index (χ4v) is 3.14. The highest BCUT2D eigenvalue weighted by atomic mass is 16.6. The van der Waals surface area contributed by atoms with Gasteiger partial charge in [-0.3, -0.25) is 4.79 Å². The number of esters is 1. The van der Waals surface area contributed by atoms with Crippen LogP contribution in [-0.2, 0) is 14.3 Å². The Kier molecular flexibility index (Phi) is 6.74. The lowest BCUT2D eigenvalue weighted by Crippen LogP contribution is -2.24. The van der Waals surface area contributed by atoms with Gasteiger partial charge >= 0.3 is 5.97 Å². The minimum Gasteiger partial charge on any atom is -0.482 e. The predicted molar refractivity (Wildman–Crippen MR) is 119 cm³/mol. The van der Waals surface area contributed by atoms with E-state index in [0.717, 1.165) is 28.1 Å². The van der Waals surface area contributed by atoms with Crippen LogP contribution in [0, 0.1) is 34.6 Å². The van der Waals surface area contributed by atoms with Gasteiger partial charge in [0.25, 0.3) is 5.91 Å². The number of ether oxygens (including phenoxy) is 2. The van der Waals surface area contributed by atoms with E-state index in [2.05, 4.69) is 10.4 Å². The summed E-state index contributed by atoms with van der Waals surface area (Å²) in [6, 6.07) is 13.6. The standard InChI is InChI=1S/C24H27N3O4/c1-15-9-11-20(12-10-15)27-19(5)24(18(4)26-27)25-22(28)13-31-23(29)14-30-21-8-6-7-16(2)17(21)3/h6-12H,13-14H2,1-5H3,(H,25,28). The zero-order chi connectivity index (χ0) is 22.5. The summed E-state index contributed by atoms with van der Waals surface area (Å²) < 4.78 is 12.3. The molecule has 7 nitrogen and oxygen atoms in total. The molecule has 0 aliphatic rings. The van der Waals surface area contributed by atoms with Gasteiger partial charge in [-0.25, -0.2) is 9.48 Å². The van der Waals surface area contributed by atoms with Gasteiger partial charge in [0.05, 0.1) is 22.8 Å². The Hall–Kier alpha value is -3.61. The number of aryl methyl sites for hydroxylation is 3. The third-order valence-electron chi connectivity index (χ3n) is 5.10. The maximum atomic E-state index is 12.3. The van der Waals surface area contributed by atoms with Gasteiger partial charge in [0, 0.05) is 0 Å². The van der Waals surface area contributed by atoms with Crippen LogP contribution in [0.1, 0.15) is 28.1 Å².